The van der Waals surface area contributed by atoms with Crippen molar-refractivity contribution in [3.05, 3.63) is 22.5 Å². The SMILES string of the molecule is C=N/C(=C(N)\C=C(/C)Cl)C(F)(F)F. The van der Waals surface area contributed by atoms with E-state index in [0.717, 1.165) is 6.08 Å². The fourth-order valence-electron chi connectivity index (χ4n) is 0.627. The standard InChI is InChI=1S/C7H8ClF3N2/c1-4(8)3-5(12)6(13-2)7(9,10)11/h3H,2,12H2,1H3/b4-3+,6-5+. The summed E-state index contributed by atoms with van der Waals surface area (Å²) in [6.07, 6.45) is -3.63. The molecule has 2 N–H and O–H groups in total. The van der Waals surface area contributed by atoms with Crippen LogP contribution in [0.5, 0.6) is 0 Å². The molecule has 6 heteroatoms. The molecule has 0 unspecified atom stereocenters. The Kier molecular flexibility index (Phi) is 4.00. The summed E-state index contributed by atoms with van der Waals surface area (Å²) in [5.41, 5.74) is 3.31. The fourth-order valence-corrected chi connectivity index (χ4v) is 0.745. The molecule has 0 atom stereocenters. The van der Waals surface area contributed by atoms with Crippen LogP contribution in [-0.2, 0) is 0 Å². The molecule has 0 aromatic carbocycles. The van der Waals surface area contributed by atoms with Gasteiger partial charge >= 0.3 is 6.18 Å². The van der Waals surface area contributed by atoms with Crippen LogP contribution in [0.1, 0.15) is 6.92 Å². The Bertz CT molecular complexity index is 261. The predicted molar refractivity (Wildman–Crippen MR) is 46.4 cm³/mol. The van der Waals surface area contributed by atoms with E-state index in [-0.39, 0.29) is 5.03 Å². The average Bonchev–Trinajstić information content (AvgIpc) is 1.82. The number of nitrogens with zero attached hydrogens (tertiary/aromatic N) is 1. The molecule has 2 nitrogen and oxygen atoms in total. The topological polar surface area (TPSA) is 38.4 Å². The molecular formula is C7H8ClF3N2. The molecule has 0 aliphatic heterocycles. The molecule has 0 rings (SSSR count). The van der Waals surface area contributed by atoms with E-state index in [9.17, 15) is 13.2 Å². The van der Waals surface area contributed by atoms with Gasteiger partial charge in [0, 0.05) is 5.03 Å². The molecule has 0 spiro atoms. The van der Waals surface area contributed by atoms with E-state index in [1.165, 1.54) is 6.92 Å². The molecule has 0 radical (unpaired) electrons. The highest BCUT2D eigenvalue weighted by Gasteiger charge is 2.35. The Hall–Kier alpha value is -0.970. The maximum atomic E-state index is 12.1. The second-order valence-corrected chi connectivity index (χ2v) is 2.79. The summed E-state index contributed by atoms with van der Waals surface area (Å²) in [7, 11) is 0. The fraction of sp³-hybridized carbons (Fsp3) is 0.286. The van der Waals surface area contributed by atoms with Gasteiger partial charge in [-0.15, -0.1) is 0 Å². The highest BCUT2D eigenvalue weighted by Crippen LogP contribution is 2.28. The quantitative estimate of drug-likeness (QED) is 0.555. The summed E-state index contributed by atoms with van der Waals surface area (Å²) in [6.45, 7) is 4.18. The van der Waals surface area contributed by atoms with Crippen molar-refractivity contribution in [1.29, 1.82) is 0 Å². The lowest BCUT2D eigenvalue weighted by atomic mass is 10.3. The number of allylic oxidation sites excluding steroid dienone is 3. The number of hydrogen-bond acceptors (Lipinski definition) is 2. The van der Waals surface area contributed by atoms with Crippen LogP contribution in [0.15, 0.2) is 27.5 Å². The van der Waals surface area contributed by atoms with Gasteiger partial charge < -0.3 is 5.73 Å². The molecule has 13 heavy (non-hydrogen) atoms. The molecule has 74 valence electrons. The zero-order valence-corrected chi connectivity index (χ0v) is 7.58. The Morgan fingerprint density at radius 1 is 1.54 bits per heavy atom. The van der Waals surface area contributed by atoms with Gasteiger partial charge in [-0.1, -0.05) is 11.6 Å². The van der Waals surface area contributed by atoms with Gasteiger partial charge in [-0.3, -0.25) is 4.99 Å². The van der Waals surface area contributed by atoms with Crippen molar-refractivity contribution >= 4 is 18.3 Å². The number of aliphatic imine (C=N–C) groups is 1. The molecule has 0 heterocycles. The van der Waals surface area contributed by atoms with Crippen molar-refractivity contribution in [2.75, 3.05) is 0 Å². The van der Waals surface area contributed by atoms with E-state index >= 15 is 0 Å². The number of alkyl halides is 3. The van der Waals surface area contributed by atoms with Crippen molar-refractivity contribution in [2.24, 2.45) is 10.7 Å². The highest BCUT2D eigenvalue weighted by molar-refractivity contribution is 6.29. The molecule has 0 fully saturated rings. The Balaban J connectivity index is 5.15. The molecule has 0 saturated carbocycles. The summed E-state index contributed by atoms with van der Waals surface area (Å²) in [5.74, 6) is 0. The summed E-state index contributed by atoms with van der Waals surface area (Å²) in [4.78, 5) is 2.79. The first-order chi connectivity index (χ1) is 5.79. The van der Waals surface area contributed by atoms with Crippen LogP contribution in [0.3, 0.4) is 0 Å². The number of halogens is 4. The molecule has 0 aromatic rings. The molecule has 0 aliphatic rings. The monoisotopic (exact) mass is 212 g/mol. The van der Waals surface area contributed by atoms with Gasteiger partial charge in [0.05, 0.1) is 5.70 Å². The minimum absolute atomic E-state index is 0.142. The van der Waals surface area contributed by atoms with Crippen molar-refractivity contribution in [2.45, 2.75) is 13.1 Å². The molecular weight excluding hydrogens is 205 g/mol. The first kappa shape index (κ1) is 12.0. The van der Waals surface area contributed by atoms with Crippen molar-refractivity contribution in [3.63, 3.8) is 0 Å². The zero-order valence-electron chi connectivity index (χ0n) is 6.82. The molecule has 0 amide bonds. The van der Waals surface area contributed by atoms with Crippen molar-refractivity contribution in [1.82, 2.24) is 0 Å². The van der Waals surface area contributed by atoms with Gasteiger partial charge in [-0.25, -0.2) is 0 Å². The Labute approximate surface area is 78.6 Å². The minimum atomic E-state index is -4.60. The Morgan fingerprint density at radius 2 is 2.00 bits per heavy atom. The van der Waals surface area contributed by atoms with Crippen LogP contribution in [0.2, 0.25) is 0 Å². The lowest BCUT2D eigenvalue weighted by molar-refractivity contribution is -0.0929. The molecule has 0 aromatic heterocycles. The van der Waals surface area contributed by atoms with Crippen LogP contribution >= 0.6 is 11.6 Å². The molecule has 0 aliphatic carbocycles. The van der Waals surface area contributed by atoms with E-state index in [0.29, 0.717) is 0 Å². The van der Waals surface area contributed by atoms with Crippen molar-refractivity contribution < 1.29 is 13.2 Å². The maximum absolute atomic E-state index is 12.1. The van der Waals surface area contributed by atoms with Gasteiger partial charge in [-0.2, -0.15) is 13.2 Å². The molecule has 0 saturated heterocycles. The predicted octanol–water partition coefficient (Wildman–Crippen LogP) is 2.56. The van der Waals surface area contributed by atoms with E-state index in [1.54, 1.807) is 0 Å². The maximum Gasteiger partial charge on any atom is 0.435 e. The number of hydrogen-bond donors (Lipinski definition) is 1. The van der Waals surface area contributed by atoms with Gasteiger partial charge in [0.15, 0.2) is 5.70 Å². The lowest BCUT2D eigenvalue weighted by Gasteiger charge is -2.07. The second kappa shape index (κ2) is 4.32. The summed E-state index contributed by atoms with van der Waals surface area (Å²) >= 11 is 5.34. The highest BCUT2D eigenvalue weighted by atomic mass is 35.5. The van der Waals surface area contributed by atoms with Crippen LogP contribution in [0.25, 0.3) is 0 Å². The Morgan fingerprint density at radius 3 is 2.23 bits per heavy atom. The average molecular weight is 213 g/mol. The second-order valence-electron chi connectivity index (χ2n) is 2.19. The molecule has 0 bridgehead atoms. The third-order valence-electron chi connectivity index (χ3n) is 1.05. The first-order valence-electron chi connectivity index (χ1n) is 3.16. The number of nitrogens with two attached hydrogens (primary N) is 1. The van der Waals surface area contributed by atoms with E-state index in [2.05, 4.69) is 11.7 Å². The van der Waals surface area contributed by atoms with Crippen LogP contribution in [-0.4, -0.2) is 12.9 Å². The minimum Gasteiger partial charge on any atom is -0.397 e. The lowest BCUT2D eigenvalue weighted by Crippen LogP contribution is -2.15. The summed E-state index contributed by atoms with van der Waals surface area (Å²) < 4.78 is 36.2. The van der Waals surface area contributed by atoms with Crippen LogP contribution in [0.4, 0.5) is 13.2 Å². The van der Waals surface area contributed by atoms with Gasteiger partial charge in [0.25, 0.3) is 0 Å². The first-order valence-corrected chi connectivity index (χ1v) is 3.54. The van der Waals surface area contributed by atoms with Gasteiger partial charge in [-0.05, 0) is 19.7 Å². The van der Waals surface area contributed by atoms with Crippen molar-refractivity contribution in [3.8, 4) is 0 Å². The van der Waals surface area contributed by atoms with Gasteiger partial charge in [0.2, 0.25) is 0 Å². The third-order valence-corrected chi connectivity index (χ3v) is 1.16. The van der Waals surface area contributed by atoms with Crippen LogP contribution < -0.4 is 5.73 Å². The third kappa shape index (κ3) is 3.98. The summed E-state index contributed by atoms with van der Waals surface area (Å²) in [6, 6.07) is 0. The smallest absolute Gasteiger partial charge is 0.397 e. The normalized spacial score (nSPS) is 15.3. The van der Waals surface area contributed by atoms with E-state index in [4.69, 9.17) is 17.3 Å². The largest absolute Gasteiger partial charge is 0.435 e. The summed E-state index contributed by atoms with van der Waals surface area (Å²) in [5, 5.41) is 0.142. The number of rotatable bonds is 2. The van der Waals surface area contributed by atoms with E-state index < -0.39 is 17.6 Å². The zero-order chi connectivity index (χ0) is 10.6. The van der Waals surface area contributed by atoms with Gasteiger partial charge in [0.1, 0.15) is 0 Å². The van der Waals surface area contributed by atoms with E-state index in [1.807, 2.05) is 0 Å². The van der Waals surface area contributed by atoms with Crippen LogP contribution in [0, 0.1) is 0 Å².